The van der Waals surface area contributed by atoms with Gasteiger partial charge in [0, 0.05) is 18.1 Å². The number of aryl methyl sites for hydroxylation is 1. The maximum atomic E-state index is 8.62. The summed E-state index contributed by atoms with van der Waals surface area (Å²) in [7, 11) is 1.91. The van der Waals surface area contributed by atoms with Crippen LogP contribution in [0.15, 0.2) is 28.4 Å². The van der Waals surface area contributed by atoms with E-state index in [0.717, 1.165) is 15.9 Å². The van der Waals surface area contributed by atoms with Gasteiger partial charge in [-0.15, -0.1) is 10.2 Å². The quantitative estimate of drug-likeness (QED) is 0.784. The Labute approximate surface area is 97.1 Å². The Kier molecular flexibility index (Phi) is 2.88. The minimum atomic E-state index is 0.415. The molecule has 0 aliphatic carbocycles. The largest absolute Gasteiger partial charge is 0.309 e. The molecular weight excluding hydrogens is 222 g/mol. The first-order chi connectivity index (χ1) is 7.70. The van der Waals surface area contributed by atoms with E-state index in [1.807, 2.05) is 30.7 Å². The van der Waals surface area contributed by atoms with Crippen molar-refractivity contribution in [2.75, 3.05) is 0 Å². The van der Waals surface area contributed by atoms with Crippen molar-refractivity contribution in [2.45, 2.75) is 17.0 Å². The molecule has 0 saturated heterocycles. The Morgan fingerprint density at radius 1 is 1.38 bits per heavy atom. The molecular formula is C10H9N5S. The second-order valence-corrected chi connectivity index (χ2v) is 4.22. The van der Waals surface area contributed by atoms with Crippen LogP contribution in [0.2, 0.25) is 0 Å². The lowest BCUT2D eigenvalue weighted by molar-refractivity contribution is 0.765. The molecule has 6 heteroatoms. The fourth-order valence-corrected chi connectivity index (χ4v) is 1.89. The normalized spacial score (nSPS) is 10.1. The smallest absolute Gasteiger partial charge is 0.195 e. The summed E-state index contributed by atoms with van der Waals surface area (Å²) in [4.78, 5) is 4.93. The van der Waals surface area contributed by atoms with Crippen LogP contribution in [0.3, 0.4) is 0 Å². The Bertz CT molecular complexity index is 537. The van der Waals surface area contributed by atoms with Crippen molar-refractivity contribution in [2.24, 2.45) is 7.05 Å². The van der Waals surface area contributed by atoms with E-state index in [-0.39, 0.29) is 0 Å². The number of aromatic nitrogens is 4. The van der Waals surface area contributed by atoms with Gasteiger partial charge in [0.05, 0.1) is 0 Å². The fourth-order valence-electron chi connectivity index (χ4n) is 1.09. The van der Waals surface area contributed by atoms with Gasteiger partial charge in [0.15, 0.2) is 5.16 Å². The second-order valence-electron chi connectivity index (χ2n) is 3.18. The third-order valence-electron chi connectivity index (χ3n) is 2.11. The molecule has 0 aliphatic rings. The molecule has 0 spiro atoms. The fraction of sp³-hybridized carbons (Fsp3) is 0.200. The van der Waals surface area contributed by atoms with Gasteiger partial charge in [0.1, 0.15) is 17.6 Å². The summed E-state index contributed by atoms with van der Waals surface area (Å²) < 4.78 is 1.91. The first-order valence-electron chi connectivity index (χ1n) is 4.60. The summed E-state index contributed by atoms with van der Waals surface area (Å²) in [6.07, 6.45) is 1.66. The van der Waals surface area contributed by atoms with Gasteiger partial charge in [-0.2, -0.15) is 5.26 Å². The van der Waals surface area contributed by atoms with Crippen LogP contribution in [0, 0.1) is 18.3 Å². The van der Waals surface area contributed by atoms with Crippen molar-refractivity contribution in [3.05, 3.63) is 29.8 Å². The van der Waals surface area contributed by atoms with Crippen molar-refractivity contribution in [3.63, 3.8) is 0 Å². The number of nitriles is 1. The van der Waals surface area contributed by atoms with E-state index >= 15 is 0 Å². The number of nitrogens with zero attached hydrogens (tertiary/aromatic N) is 5. The third kappa shape index (κ3) is 2.04. The van der Waals surface area contributed by atoms with Crippen LogP contribution in [-0.2, 0) is 7.05 Å². The van der Waals surface area contributed by atoms with Crippen LogP contribution in [0.4, 0.5) is 0 Å². The van der Waals surface area contributed by atoms with E-state index in [0.29, 0.717) is 5.69 Å². The Morgan fingerprint density at radius 2 is 2.19 bits per heavy atom. The molecule has 0 fully saturated rings. The SMILES string of the molecule is Cc1nnc(Sc2ccc(C#N)nc2)n1C. The van der Waals surface area contributed by atoms with Crippen LogP contribution in [0.1, 0.15) is 11.5 Å². The summed E-state index contributed by atoms with van der Waals surface area (Å²) >= 11 is 1.47. The molecule has 0 unspecified atom stereocenters. The van der Waals surface area contributed by atoms with Gasteiger partial charge in [-0.25, -0.2) is 4.98 Å². The molecule has 80 valence electrons. The van der Waals surface area contributed by atoms with Gasteiger partial charge >= 0.3 is 0 Å². The van der Waals surface area contributed by atoms with E-state index in [1.54, 1.807) is 12.3 Å². The molecule has 0 radical (unpaired) electrons. The van der Waals surface area contributed by atoms with Crippen LogP contribution in [-0.4, -0.2) is 19.7 Å². The van der Waals surface area contributed by atoms with Crippen LogP contribution < -0.4 is 0 Å². The molecule has 5 nitrogen and oxygen atoms in total. The minimum Gasteiger partial charge on any atom is -0.309 e. The van der Waals surface area contributed by atoms with Gasteiger partial charge < -0.3 is 4.57 Å². The standard InChI is InChI=1S/C10H9N5S/c1-7-13-14-10(15(7)2)16-9-4-3-8(5-11)12-6-9/h3-4,6H,1-2H3. The highest BCUT2D eigenvalue weighted by Gasteiger charge is 2.06. The van der Waals surface area contributed by atoms with E-state index in [2.05, 4.69) is 15.2 Å². The van der Waals surface area contributed by atoms with Crippen molar-refractivity contribution >= 4 is 11.8 Å². The highest BCUT2D eigenvalue weighted by Crippen LogP contribution is 2.24. The highest BCUT2D eigenvalue weighted by atomic mass is 32.2. The summed E-state index contributed by atoms with van der Waals surface area (Å²) in [5.41, 5.74) is 0.415. The predicted molar refractivity (Wildman–Crippen MR) is 58.8 cm³/mol. The number of pyridine rings is 1. The highest BCUT2D eigenvalue weighted by molar-refractivity contribution is 7.99. The monoisotopic (exact) mass is 231 g/mol. The molecule has 0 amide bonds. The van der Waals surface area contributed by atoms with E-state index in [1.165, 1.54) is 11.8 Å². The zero-order valence-corrected chi connectivity index (χ0v) is 9.69. The average Bonchev–Trinajstić information content (AvgIpc) is 2.62. The van der Waals surface area contributed by atoms with Gasteiger partial charge in [-0.05, 0) is 30.8 Å². The molecule has 16 heavy (non-hydrogen) atoms. The lowest BCUT2D eigenvalue weighted by atomic mass is 10.4. The first-order valence-corrected chi connectivity index (χ1v) is 5.42. The maximum Gasteiger partial charge on any atom is 0.195 e. The Morgan fingerprint density at radius 3 is 2.69 bits per heavy atom. The molecule has 0 aliphatic heterocycles. The second kappa shape index (κ2) is 4.33. The molecule has 2 aromatic heterocycles. The zero-order valence-electron chi connectivity index (χ0n) is 8.88. The molecule has 0 aromatic carbocycles. The van der Waals surface area contributed by atoms with Crippen molar-refractivity contribution < 1.29 is 0 Å². The summed E-state index contributed by atoms with van der Waals surface area (Å²) in [6.45, 7) is 1.90. The van der Waals surface area contributed by atoms with Crippen molar-refractivity contribution in [1.82, 2.24) is 19.7 Å². The average molecular weight is 231 g/mol. The topological polar surface area (TPSA) is 67.4 Å². The Hall–Kier alpha value is -1.87. The van der Waals surface area contributed by atoms with E-state index in [4.69, 9.17) is 5.26 Å². The zero-order chi connectivity index (χ0) is 11.5. The number of rotatable bonds is 2. The molecule has 0 atom stereocenters. The van der Waals surface area contributed by atoms with Gasteiger partial charge in [-0.3, -0.25) is 0 Å². The summed E-state index contributed by atoms with van der Waals surface area (Å²) in [5, 5.41) is 17.4. The molecule has 2 rings (SSSR count). The minimum absolute atomic E-state index is 0.415. The van der Waals surface area contributed by atoms with E-state index < -0.39 is 0 Å². The van der Waals surface area contributed by atoms with Gasteiger partial charge in [0.25, 0.3) is 0 Å². The third-order valence-corrected chi connectivity index (χ3v) is 3.13. The lowest BCUT2D eigenvalue weighted by Crippen LogP contribution is -1.93. The molecule has 2 heterocycles. The van der Waals surface area contributed by atoms with Gasteiger partial charge in [0.2, 0.25) is 0 Å². The summed E-state index contributed by atoms with van der Waals surface area (Å²) in [6, 6.07) is 5.51. The van der Waals surface area contributed by atoms with E-state index in [9.17, 15) is 0 Å². The predicted octanol–water partition coefficient (Wildman–Crippen LogP) is 1.54. The van der Waals surface area contributed by atoms with Gasteiger partial charge in [-0.1, -0.05) is 0 Å². The van der Waals surface area contributed by atoms with Crippen LogP contribution in [0.25, 0.3) is 0 Å². The summed E-state index contributed by atoms with van der Waals surface area (Å²) in [5.74, 6) is 0.865. The molecule has 0 bridgehead atoms. The first kappa shape index (κ1) is 10.6. The molecule has 0 saturated carbocycles. The van der Waals surface area contributed by atoms with Crippen molar-refractivity contribution in [3.8, 4) is 6.07 Å². The number of hydrogen-bond acceptors (Lipinski definition) is 5. The molecule has 0 N–H and O–H groups in total. The number of hydrogen-bond donors (Lipinski definition) is 0. The maximum absolute atomic E-state index is 8.62. The van der Waals surface area contributed by atoms with Crippen LogP contribution in [0.5, 0.6) is 0 Å². The lowest BCUT2D eigenvalue weighted by Gasteiger charge is -2.00. The molecule has 2 aromatic rings. The van der Waals surface area contributed by atoms with Crippen LogP contribution >= 0.6 is 11.8 Å². The van der Waals surface area contributed by atoms with Crippen molar-refractivity contribution in [1.29, 1.82) is 5.26 Å². The Balaban J connectivity index is 2.21.